The highest BCUT2D eigenvalue weighted by atomic mass is 16.6. The van der Waals surface area contributed by atoms with Gasteiger partial charge in [0.15, 0.2) is 0 Å². The van der Waals surface area contributed by atoms with Gasteiger partial charge in [0.25, 0.3) is 5.69 Å². The second-order valence-electron chi connectivity index (χ2n) is 3.64. The van der Waals surface area contributed by atoms with Crippen LogP contribution >= 0.6 is 0 Å². The van der Waals surface area contributed by atoms with E-state index in [2.05, 4.69) is 6.58 Å². The highest BCUT2D eigenvalue weighted by Gasteiger charge is 2.14. The Balaban J connectivity index is 0.000000612. The number of allylic oxidation sites excluding steroid dienone is 1. The first-order valence-corrected chi connectivity index (χ1v) is 5.43. The summed E-state index contributed by atoms with van der Waals surface area (Å²) in [7, 11) is 0. The Labute approximate surface area is 112 Å². The molecular weight excluding hydrogens is 266 g/mol. The van der Waals surface area contributed by atoms with Crippen LogP contribution in [0.5, 0.6) is 0 Å². The second kappa shape index (κ2) is 6.28. The number of carboxylic acids is 1. The predicted octanol–water partition coefficient (Wildman–Crippen LogP) is 2.59. The zero-order valence-electron chi connectivity index (χ0n) is 10.5. The van der Waals surface area contributed by atoms with E-state index in [1.165, 1.54) is 12.1 Å². The maximum absolute atomic E-state index is 11.2. The average molecular weight is 277 g/mol. The average Bonchev–Trinajstić information content (AvgIpc) is 2.37. The molecule has 0 radical (unpaired) electrons. The lowest BCUT2D eigenvalue weighted by atomic mass is 10.1. The number of nitrogens with zero attached hydrogens (tertiary/aromatic N) is 1. The molecule has 1 aromatic carbocycles. The largest absolute Gasteiger partial charge is 0.477 e. The van der Waals surface area contributed by atoms with Crippen molar-refractivity contribution in [2.45, 2.75) is 6.92 Å². The number of carbonyl (C=O) groups is 1. The normalized spacial score (nSPS) is 9.45. The van der Waals surface area contributed by atoms with Crippen molar-refractivity contribution in [2.24, 2.45) is 0 Å². The van der Waals surface area contributed by atoms with Crippen molar-refractivity contribution in [1.82, 2.24) is 0 Å². The van der Waals surface area contributed by atoms with Crippen molar-refractivity contribution in [1.29, 1.82) is 0 Å². The van der Waals surface area contributed by atoms with Gasteiger partial charge in [-0.05, 0) is 19.1 Å². The van der Waals surface area contributed by atoms with Crippen LogP contribution in [0.3, 0.4) is 0 Å². The number of nitro groups is 1. The summed E-state index contributed by atoms with van der Waals surface area (Å²) in [6.45, 7) is 5.25. The van der Waals surface area contributed by atoms with Crippen LogP contribution < -0.4 is 5.63 Å². The number of aromatic carboxylic acids is 1. The molecule has 0 aliphatic carbocycles. The Morgan fingerprint density at radius 2 is 2.05 bits per heavy atom. The first-order chi connectivity index (χ1) is 9.40. The lowest BCUT2D eigenvalue weighted by Gasteiger charge is -1.98. The fraction of sp³-hybridized carbons (Fsp3) is 0.0769. The highest BCUT2D eigenvalue weighted by Crippen LogP contribution is 2.20. The van der Waals surface area contributed by atoms with Crippen molar-refractivity contribution in [3.63, 3.8) is 0 Å². The fourth-order valence-electron chi connectivity index (χ4n) is 1.37. The molecule has 2 rings (SSSR count). The monoisotopic (exact) mass is 277 g/mol. The summed E-state index contributed by atoms with van der Waals surface area (Å²) in [6.07, 6.45) is 1.75. The van der Waals surface area contributed by atoms with Gasteiger partial charge in [-0.1, -0.05) is 6.08 Å². The van der Waals surface area contributed by atoms with E-state index in [0.29, 0.717) is 0 Å². The third kappa shape index (κ3) is 3.29. The van der Waals surface area contributed by atoms with E-state index in [9.17, 15) is 19.7 Å². The van der Waals surface area contributed by atoms with Crippen molar-refractivity contribution >= 4 is 22.6 Å². The van der Waals surface area contributed by atoms with Gasteiger partial charge in [0.1, 0.15) is 11.1 Å². The first-order valence-electron chi connectivity index (χ1n) is 5.43. The molecule has 0 amide bonds. The van der Waals surface area contributed by atoms with E-state index in [4.69, 9.17) is 9.52 Å². The van der Waals surface area contributed by atoms with E-state index >= 15 is 0 Å². The number of hydrogen-bond acceptors (Lipinski definition) is 5. The minimum absolute atomic E-state index is 0.102. The summed E-state index contributed by atoms with van der Waals surface area (Å²) in [5.41, 5.74) is -1.65. The second-order valence-corrected chi connectivity index (χ2v) is 3.64. The molecule has 0 atom stereocenters. The van der Waals surface area contributed by atoms with Crippen molar-refractivity contribution in [2.75, 3.05) is 0 Å². The molecule has 0 bridgehead atoms. The number of hydrogen-bond donors (Lipinski definition) is 1. The molecule has 0 saturated carbocycles. The quantitative estimate of drug-likeness (QED) is 0.391. The highest BCUT2D eigenvalue weighted by molar-refractivity contribution is 5.91. The van der Waals surface area contributed by atoms with Gasteiger partial charge < -0.3 is 9.52 Å². The Morgan fingerprint density at radius 3 is 2.55 bits per heavy atom. The topological polar surface area (TPSA) is 111 Å². The van der Waals surface area contributed by atoms with Crippen molar-refractivity contribution in [3.05, 3.63) is 63.0 Å². The van der Waals surface area contributed by atoms with E-state index in [1.807, 2.05) is 6.92 Å². The standard InChI is InChI=1S/C10H5NO6.C3H6/c12-9(13)7-4-5-3-6(11(15)16)1-2-8(5)17-10(7)14;1-3-2/h1-4H,(H,12,13);3H,1H2,2H3. The molecule has 2 aromatic rings. The lowest BCUT2D eigenvalue weighted by Crippen LogP contribution is -2.12. The Morgan fingerprint density at radius 1 is 1.45 bits per heavy atom. The van der Waals surface area contributed by atoms with E-state index < -0.39 is 22.1 Å². The summed E-state index contributed by atoms with van der Waals surface area (Å²) in [4.78, 5) is 31.8. The molecule has 0 unspecified atom stereocenters. The summed E-state index contributed by atoms with van der Waals surface area (Å²) < 4.78 is 4.73. The Hall–Kier alpha value is -2.96. The van der Waals surface area contributed by atoms with Gasteiger partial charge in [-0.2, -0.15) is 0 Å². The summed E-state index contributed by atoms with van der Waals surface area (Å²) >= 11 is 0. The zero-order valence-corrected chi connectivity index (χ0v) is 10.5. The van der Waals surface area contributed by atoms with Crippen LogP contribution in [0, 0.1) is 10.1 Å². The molecule has 104 valence electrons. The summed E-state index contributed by atoms with van der Waals surface area (Å²) in [6, 6.07) is 4.62. The minimum atomic E-state index is -1.44. The van der Waals surface area contributed by atoms with Crippen LogP contribution in [0.25, 0.3) is 11.0 Å². The minimum Gasteiger partial charge on any atom is -0.477 e. The summed E-state index contributed by atoms with van der Waals surface area (Å²) in [5, 5.41) is 19.4. The Kier molecular flexibility index (Phi) is 4.74. The lowest BCUT2D eigenvalue weighted by molar-refractivity contribution is -0.384. The van der Waals surface area contributed by atoms with Crippen molar-refractivity contribution in [3.8, 4) is 0 Å². The van der Waals surface area contributed by atoms with Gasteiger partial charge in [0, 0.05) is 17.5 Å². The third-order valence-electron chi connectivity index (χ3n) is 2.16. The smallest absolute Gasteiger partial charge is 0.351 e. The van der Waals surface area contributed by atoms with Crippen LogP contribution in [0.4, 0.5) is 5.69 Å². The molecule has 0 aliphatic rings. The molecule has 1 aromatic heterocycles. The molecule has 0 saturated heterocycles. The Bertz CT molecular complexity index is 731. The molecule has 0 fully saturated rings. The van der Waals surface area contributed by atoms with Gasteiger partial charge in [-0.25, -0.2) is 9.59 Å². The van der Waals surface area contributed by atoms with E-state index in [1.54, 1.807) is 6.08 Å². The van der Waals surface area contributed by atoms with Gasteiger partial charge in [0.05, 0.1) is 4.92 Å². The maximum atomic E-state index is 11.2. The number of non-ortho nitro benzene ring substituents is 1. The molecule has 0 spiro atoms. The number of benzene rings is 1. The molecule has 1 heterocycles. The van der Waals surface area contributed by atoms with E-state index in [0.717, 1.165) is 12.1 Å². The van der Waals surface area contributed by atoms with E-state index in [-0.39, 0.29) is 16.7 Å². The zero-order chi connectivity index (χ0) is 15.3. The van der Waals surface area contributed by atoms with Gasteiger partial charge in [0.2, 0.25) is 0 Å². The molecular formula is C13H11NO6. The number of fused-ring (bicyclic) bond motifs is 1. The number of rotatable bonds is 2. The van der Waals surface area contributed by atoms with Crippen LogP contribution in [0.15, 0.2) is 46.1 Å². The molecule has 7 heteroatoms. The van der Waals surface area contributed by atoms with Crippen molar-refractivity contribution < 1.29 is 19.2 Å². The van der Waals surface area contributed by atoms with Crippen LogP contribution in [-0.4, -0.2) is 16.0 Å². The third-order valence-corrected chi connectivity index (χ3v) is 2.16. The predicted molar refractivity (Wildman–Crippen MR) is 72.0 cm³/mol. The first kappa shape index (κ1) is 15.1. The number of nitro benzene ring substituents is 1. The fourth-order valence-corrected chi connectivity index (χ4v) is 1.37. The van der Waals surface area contributed by atoms with Crippen LogP contribution in [-0.2, 0) is 0 Å². The van der Waals surface area contributed by atoms with Crippen LogP contribution in [0.2, 0.25) is 0 Å². The molecule has 1 N–H and O–H groups in total. The maximum Gasteiger partial charge on any atom is 0.351 e. The SMILES string of the molecule is C=CC.O=C(O)c1cc2cc([N+](=O)[O-])ccc2oc1=O. The number of carboxylic acid groups (broad SMARTS) is 1. The van der Waals surface area contributed by atoms with Gasteiger partial charge in [-0.15, -0.1) is 6.58 Å². The van der Waals surface area contributed by atoms with Gasteiger partial charge in [-0.3, -0.25) is 10.1 Å². The molecule has 0 aliphatic heterocycles. The van der Waals surface area contributed by atoms with Crippen LogP contribution in [0.1, 0.15) is 17.3 Å². The molecule has 20 heavy (non-hydrogen) atoms. The summed E-state index contributed by atoms with van der Waals surface area (Å²) in [5.74, 6) is -1.44. The molecule has 7 nitrogen and oxygen atoms in total. The van der Waals surface area contributed by atoms with Gasteiger partial charge >= 0.3 is 11.6 Å².